The molecule has 0 N–H and O–H groups in total. The van der Waals surface area contributed by atoms with Gasteiger partial charge in [0.2, 0.25) is 0 Å². The molecular formula is C33H21N3Se. The molecule has 174 valence electrons. The van der Waals surface area contributed by atoms with Gasteiger partial charge in [-0.2, -0.15) is 0 Å². The Morgan fingerprint density at radius 2 is 1.08 bits per heavy atom. The zero-order valence-electron chi connectivity index (χ0n) is 19.9. The van der Waals surface area contributed by atoms with Gasteiger partial charge in [0.05, 0.1) is 0 Å². The summed E-state index contributed by atoms with van der Waals surface area (Å²) >= 11 is 0.0889. The number of aromatic nitrogens is 3. The molecule has 0 spiro atoms. The minimum atomic E-state index is 0.0889. The normalized spacial score (nSPS) is 11.2. The van der Waals surface area contributed by atoms with Gasteiger partial charge in [-0.15, -0.1) is 0 Å². The van der Waals surface area contributed by atoms with E-state index in [9.17, 15) is 0 Å². The molecule has 0 unspecified atom stereocenters. The molecule has 7 aromatic rings. The molecule has 0 aliphatic heterocycles. The van der Waals surface area contributed by atoms with Crippen molar-refractivity contribution in [1.82, 2.24) is 15.0 Å². The summed E-state index contributed by atoms with van der Waals surface area (Å²) in [5, 5.41) is 2.40. The summed E-state index contributed by atoms with van der Waals surface area (Å²) in [5.41, 5.74) is 7.29. The number of hydrogen-bond donors (Lipinski definition) is 0. The van der Waals surface area contributed by atoms with Gasteiger partial charge in [0.15, 0.2) is 0 Å². The maximum atomic E-state index is 5.11. The van der Waals surface area contributed by atoms with E-state index in [0.29, 0.717) is 0 Å². The Balaban J connectivity index is 1.50. The van der Waals surface area contributed by atoms with Gasteiger partial charge in [0.25, 0.3) is 0 Å². The molecule has 2 aromatic heterocycles. The first-order valence-corrected chi connectivity index (χ1v) is 13.9. The zero-order valence-corrected chi connectivity index (χ0v) is 21.6. The second-order valence-electron chi connectivity index (χ2n) is 8.90. The van der Waals surface area contributed by atoms with Gasteiger partial charge in [0, 0.05) is 0 Å². The Labute approximate surface area is 220 Å². The summed E-state index contributed by atoms with van der Waals surface area (Å²) in [6, 6.07) is 44.0. The maximum absolute atomic E-state index is 5.11. The molecule has 3 nitrogen and oxygen atoms in total. The van der Waals surface area contributed by atoms with E-state index < -0.39 is 0 Å². The quantitative estimate of drug-likeness (QED) is 0.214. The average molecular weight is 539 g/mol. The van der Waals surface area contributed by atoms with E-state index in [2.05, 4.69) is 109 Å². The van der Waals surface area contributed by atoms with Crippen molar-refractivity contribution in [3.05, 3.63) is 127 Å². The summed E-state index contributed by atoms with van der Waals surface area (Å²) in [4.78, 5) is 15.3. The van der Waals surface area contributed by atoms with Crippen LogP contribution in [0, 0.1) is 0 Å². The van der Waals surface area contributed by atoms with E-state index in [1.165, 1.54) is 20.6 Å². The summed E-state index contributed by atoms with van der Waals surface area (Å²) in [6.07, 6.45) is 0. The van der Waals surface area contributed by atoms with E-state index in [4.69, 9.17) is 15.0 Å². The Morgan fingerprint density at radius 3 is 1.70 bits per heavy atom. The second-order valence-corrected chi connectivity index (χ2v) is 11.0. The molecule has 0 saturated heterocycles. The molecule has 7 rings (SSSR count). The van der Waals surface area contributed by atoms with Crippen molar-refractivity contribution >= 4 is 35.1 Å². The van der Waals surface area contributed by atoms with Crippen LogP contribution in [0.3, 0.4) is 0 Å². The standard InChI is InChI=1S/C33H21N3Se/c1-4-11-22(12-5-1)28-21-29(23-13-6-2-7-14-23)35-32(34-28)26-18-10-17-24-19-20-27-31(30(24)26)37-33(36-27)25-15-8-3-9-16-25/h1-21H. The van der Waals surface area contributed by atoms with Crippen LogP contribution in [-0.2, 0) is 0 Å². The van der Waals surface area contributed by atoms with Crippen LogP contribution in [-0.4, -0.2) is 29.5 Å². The van der Waals surface area contributed by atoms with Crippen molar-refractivity contribution in [3.8, 4) is 44.0 Å². The monoisotopic (exact) mass is 539 g/mol. The molecule has 0 bridgehead atoms. The predicted octanol–water partition coefficient (Wildman–Crippen LogP) is 7.90. The molecule has 0 aliphatic rings. The fraction of sp³-hybridized carbons (Fsp3) is 0. The zero-order chi connectivity index (χ0) is 24.6. The Bertz CT molecular complexity index is 1800. The third kappa shape index (κ3) is 4.07. The predicted molar refractivity (Wildman–Crippen MR) is 154 cm³/mol. The SMILES string of the molecule is c1ccc(-c2cc(-c3ccccc3)nc(-c3cccc4ccc5nc(-c6ccccc6)[se]c5c34)n2)cc1. The van der Waals surface area contributed by atoms with Crippen LogP contribution in [0.4, 0.5) is 0 Å². The van der Waals surface area contributed by atoms with Crippen molar-refractivity contribution in [3.63, 3.8) is 0 Å². The number of nitrogens with zero attached hydrogens (tertiary/aromatic N) is 3. The molecule has 0 amide bonds. The first-order chi connectivity index (χ1) is 18.3. The van der Waals surface area contributed by atoms with Gasteiger partial charge >= 0.3 is 221 Å². The van der Waals surface area contributed by atoms with Gasteiger partial charge in [-0.25, -0.2) is 0 Å². The third-order valence-corrected chi connectivity index (χ3v) is 8.91. The van der Waals surface area contributed by atoms with Gasteiger partial charge in [-0.1, -0.05) is 0 Å². The molecular weight excluding hydrogens is 517 g/mol. The Hall–Kier alpha value is -4.37. The van der Waals surface area contributed by atoms with E-state index in [1.807, 2.05) is 18.2 Å². The first kappa shape index (κ1) is 21.9. The van der Waals surface area contributed by atoms with Gasteiger partial charge in [-0.3, -0.25) is 0 Å². The first-order valence-electron chi connectivity index (χ1n) is 12.2. The molecule has 37 heavy (non-hydrogen) atoms. The molecule has 2 heterocycles. The van der Waals surface area contributed by atoms with Crippen molar-refractivity contribution in [2.45, 2.75) is 0 Å². The minimum absolute atomic E-state index is 0.0889. The third-order valence-electron chi connectivity index (χ3n) is 6.52. The molecule has 0 fully saturated rings. The van der Waals surface area contributed by atoms with Crippen LogP contribution in [0.5, 0.6) is 0 Å². The molecule has 0 atom stereocenters. The summed E-state index contributed by atoms with van der Waals surface area (Å²) in [7, 11) is 0. The topological polar surface area (TPSA) is 38.7 Å². The Kier molecular flexibility index (Phi) is 5.47. The number of rotatable bonds is 4. The van der Waals surface area contributed by atoms with Crippen LogP contribution in [0.25, 0.3) is 64.6 Å². The molecule has 5 aromatic carbocycles. The van der Waals surface area contributed by atoms with Gasteiger partial charge in [0.1, 0.15) is 0 Å². The summed E-state index contributed by atoms with van der Waals surface area (Å²) < 4.78 is 2.46. The van der Waals surface area contributed by atoms with Gasteiger partial charge in [-0.05, 0) is 0 Å². The van der Waals surface area contributed by atoms with E-state index >= 15 is 0 Å². The fourth-order valence-electron chi connectivity index (χ4n) is 4.73. The molecule has 0 saturated carbocycles. The van der Waals surface area contributed by atoms with Crippen LogP contribution < -0.4 is 0 Å². The van der Waals surface area contributed by atoms with Crippen molar-refractivity contribution < 1.29 is 0 Å². The number of benzene rings is 5. The van der Waals surface area contributed by atoms with Crippen molar-refractivity contribution in [2.75, 3.05) is 0 Å². The van der Waals surface area contributed by atoms with E-state index in [1.54, 1.807) is 0 Å². The van der Waals surface area contributed by atoms with E-state index in [0.717, 1.165) is 44.0 Å². The molecule has 0 aliphatic carbocycles. The fourth-order valence-corrected chi connectivity index (χ4v) is 7.12. The average Bonchev–Trinajstić information content (AvgIpc) is 3.43. The second kappa shape index (κ2) is 9.25. The number of hydrogen-bond acceptors (Lipinski definition) is 3. The molecule has 0 radical (unpaired) electrons. The van der Waals surface area contributed by atoms with E-state index in [-0.39, 0.29) is 14.5 Å². The van der Waals surface area contributed by atoms with Crippen molar-refractivity contribution in [1.29, 1.82) is 0 Å². The molecule has 4 heteroatoms. The Morgan fingerprint density at radius 1 is 0.486 bits per heavy atom. The van der Waals surface area contributed by atoms with Crippen molar-refractivity contribution in [2.24, 2.45) is 0 Å². The van der Waals surface area contributed by atoms with Crippen LogP contribution in [0.15, 0.2) is 127 Å². The van der Waals surface area contributed by atoms with Gasteiger partial charge < -0.3 is 0 Å². The summed E-state index contributed by atoms with van der Waals surface area (Å²) in [5.74, 6) is 0.739. The number of fused-ring (bicyclic) bond motifs is 3. The van der Waals surface area contributed by atoms with Crippen LogP contribution in [0.1, 0.15) is 0 Å². The van der Waals surface area contributed by atoms with Crippen LogP contribution in [0.2, 0.25) is 0 Å². The van der Waals surface area contributed by atoms with Crippen LogP contribution >= 0.6 is 0 Å². The summed E-state index contributed by atoms with van der Waals surface area (Å²) in [6.45, 7) is 0.